The van der Waals surface area contributed by atoms with Crippen LogP contribution < -0.4 is 0 Å². The van der Waals surface area contributed by atoms with Crippen LogP contribution in [0.25, 0.3) is 0 Å². The molecule has 4 atom stereocenters. The third-order valence-electron chi connectivity index (χ3n) is 6.42. The molecule has 0 aliphatic heterocycles. The fraction of sp³-hybridized carbons (Fsp3) is 0.947. The van der Waals surface area contributed by atoms with E-state index >= 15 is 0 Å². The van der Waals surface area contributed by atoms with Gasteiger partial charge in [0, 0.05) is 16.3 Å². The van der Waals surface area contributed by atoms with Crippen LogP contribution in [0.3, 0.4) is 0 Å². The molecule has 2 rings (SSSR count). The summed E-state index contributed by atoms with van der Waals surface area (Å²) in [5.41, 5.74) is -0.173. The summed E-state index contributed by atoms with van der Waals surface area (Å²) in [6.45, 7) is 10.9. The van der Waals surface area contributed by atoms with E-state index in [1.807, 2.05) is 13.8 Å². The average Bonchev–Trinajstić information content (AvgIpc) is 2.73. The lowest BCUT2D eigenvalue weighted by atomic mass is 9.61. The van der Waals surface area contributed by atoms with Gasteiger partial charge in [0.1, 0.15) is 5.78 Å². The molecule has 0 radical (unpaired) electrons. The number of aliphatic hydroxyl groups is 1. The third kappa shape index (κ3) is 3.71. The predicted molar refractivity (Wildman–Crippen MR) is 100 cm³/mol. The van der Waals surface area contributed by atoms with E-state index in [2.05, 4.69) is 43.4 Å². The van der Waals surface area contributed by atoms with Gasteiger partial charge in [-0.15, -0.1) is 0 Å². The molecule has 0 amide bonds. The second-order valence-electron chi connectivity index (χ2n) is 9.26. The van der Waals surface area contributed by atoms with E-state index in [1.54, 1.807) is 0 Å². The largest absolute Gasteiger partial charge is 0.390 e. The molecule has 2 nitrogen and oxygen atoms in total. The Labute approximate surface area is 150 Å². The Hall–Kier alpha value is 0.360. The van der Waals surface area contributed by atoms with Gasteiger partial charge in [0.15, 0.2) is 0 Å². The van der Waals surface area contributed by atoms with Crippen molar-refractivity contribution in [3.8, 4) is 0 Å². The van der Waals surface area contributed by atoms with E-state index in [0.29, 0.717) is 21.5 Å². The highest BCUT2D eigenvalue weighted by Gasteiger charge is 2.54. The van der Waals surface area contributed by atoms with Gasteiger partial charge in [-0.1, -0.05) is 43.4 Å². The number of alkyl halides is 1. The van der Waals surface area contributed by atoms with Gasteiger partial charge in [0.05, 0.1) is 5.60 Å². The first kappa shape index (κ1) is 18.7. The Kier molecular flexibility index (Phi) is 5.39. The van der Waals surface area contributed by atoms with E-state index < -0.39 is 5.60 Å². The minimum absolute atomic E-state index is 0.198. The normalized spacial score (nSPS) is 34.6. The summed E-state index contributed by atoms with van der Waals surface area (Å²) >= 11 is 2.65. The van der Waals surface area contributed by atoms with Crippen LogP contribution in [0.15, 0.2) is 0 Å². The molecule has 22 heavy (non-hydrogen) atoms. The lowest BCUT2D eigenvalue weighted by Crippen LogP contribution is -2.44. The summed E-state index contributed by atoms with van der Waals surface area (Å²) in [6, 6.07) is 0. The molecule has 0 aromatic heterocycles. The highest BCUT2D eigenvalue weighted by Crippen LogP contribution is 2.59. The molecule has 0 bridgehead atoms. The van der Waals surface area contributed by atoms with Gasteiger partial charge in [0.2, 0.25) is 0 Å². The molecular weight excluding hydrogens is 387 g/mol. The molecule has 0 heterocycles. The molecule has 0 aromatic carbocycles. The molecule has 128 valence electrons. The second kappa shape index (κ2) is 6.34. The first-order valence-corrected chi connectivity index (χ1v) is 10.1. The number of Topliss-reactive ketones (excluding diaryl/α,β-unsaturated/α-hetero) is 1. The monoisotopic (exact) mass is 420 g/mol. The number of hydrogen-bond donors (Lipinski definition) is 1. The van der Waals surface area contributed by atoms with Crippen LogP contribution in [0.4, 0.5) is 0 Å². The molecule has 0 spiro atoms. The smallest absolute Gasteiger partial charge is 0.136 e. The molecule has 2 fully saturated rings. The van der Waals surface area contributed by atoms with Crippen molar-refractivity contribution in [2.24, 2.45) is 22.7 Å². The minimum Gasteiger partial charge on any atom is -0.390 e. The standard InChI is InChI=1S/C19H33IO2/c1-17(2,11-12-18(3,4)22)16(20)14-9-8-13-15(21)7-6-10-19(13,14)5/h13-14,16,22H,6-12H2,1-5H3/t13-,14?,16-,19-/m0/s1. The first-order chi connectivity index (χ1) is 9.97. The van der Waals surface area contributed by atoms with Crippen LogP contribution in [-0.4, -0.2) is 20.4 Å². The van der Waals surface area contributed by atoms with Gasteiger partial charge in [-0.25, -0.2) is 0 Å². The number of rotatable bonds is 5. The maximum atomic E-state index is 12.3. The number of ketones is 1. The zero-order valence-corrected chi connectivity index (χ0v) is 17.1. The molecule has 1 unspecified atom stereocenters. The van der Waals surface area contributed by atoms with E-state index in [9.17, 15) is 9.90 Å². The Balaban J connectivity index is 2.11. The quantitative estimate of drug-likeness (QED) is 0.493. The Bertz CT molecular complexity index is 424. The highest BCUT2D eigenvalue weighted by molar-refractivity contribution is 14.1. The molecule has 3 heteroatoms. The lowest BCUT2D eigenvalue weighted by Gasteiger charge is -2.46. The molecule has 1 N–H and O–H groups in total. The van der Waals surface area contributed by atoms with Gasteiger partial charge >= 0.3 is 0 Å². The maximum Gasteiger partial charge on any atom is 0.136 e. The number of carbonyl (C=O) groups is 1. The van der Waals surface area contributed by atoms with Crippen LogP contribution in [-0.2, 0) is 4.79 Å². The third-order valence-corrected chi connectivity index (χ3v) is 8.97. The van der Waals surface area contributed by atoms with Crippen molar-refractivity contribution in [3.05, 3.63) is 0 Å². The minimum atomic E-state index is -0.587. The number of carbonyl (C=O) groups excluding carboxylic acids is 1. The summed E-state index contributed by atoms with van der Waals surface area (Å²) in [6.07, 6.45) is 7.28. The van der Waals surface area contributed by atoms with Gasteiger partial charge in [0.25, 0.3) is 0 Å². The number of hydrogen-bond acceptors (Lipinski definition) is 2. The molecule has 0 aromatic rings. The van der Waals surface area contributed by atoms with Crippen LogP contribution in [0, 0.1) is 22.7 Å². The Morgan fingerprint density at radius 3 is 2.50 bits per heavy atom. The fourth-order valence-electron chi connectivity index (χ4n) is 4.76. The van der Waals surface area contributed by atoms with Crippen molar-refractivity contribution in [2.45, 2.75) is 89.1 Å². The van der Waals surface area contributed by atoms with Crippen LogP contribution in [0.1, 0.15) is 79.6 Å². The number of fused-ring (bicyclic) bond motifs is 1. The van der Waals surface area contributed by atoms with Crippen molar-refractivity contribution >= 4 is 28.4 Å². The molecule has 2 aliphatic carbocycles. The summed E-state index contributed by atoms with van der Waals surface area (Å²) in [5.74, 6) is 1.47. The summed E-state index contributed by atoms with van der Waals surface area (Å²) < 4.78 is 0.563. The lowest BCUT2D eigenvalue weighted by molar-refractivity contribution is -0.129. The maximum absolute atomic E-state index is 12.3. The first-order valence-electron chi connectivity index (χ1n) is 8.86. The number of halogens is 1. The summed E-state index contributed by atoms with van der Waals surface area (Å²) in [4.78, 5) is 12.3. The summed E-state index contributed by atoms with van der Waals surface area (Å²) in [5, 5.41) is 10.1. The highest BCUT2D eigenvalue weighted by atomic mass is 127. The van der Waals surface area contributed by atoms with Gasteiger partial charge in [-0.05, 0) is 69.1 Å². The zero-order chi connectivity index (χ0) is 16.8. The van der Waals surface area contributed by atoms with E-state index in [1.165, 1.54) is 12.8 Å². The van der Waals surface area contributed by atoms with Crippen molar-refractivity contribution in [1.82, 2.24) is 0 Å². The van der Waals surface area contributed by atoms with Gasteiger partial charge in [-0.3, -0.25) is 4.79 Å². The van der Waals surface area contributed by atoms with Crippen molar-refractivity contribution in [3.63, 3.8) is 0 Å². The van der Waals surface area contributed by atoms with E-state index in [-0.39, 0.29) is 10.8 Å². The molecular formula is C19H33IO2. The Morgan fingerprint density at radius 1 is 1.27 bits per heavy atom. The second-order valence-corrected chi connectivity index (χ2v) is 10.6. The van der Waals surface area contributed by atoms with Crippen LogP contribution in [0.5, 0.6) is 0 Å². The molecule has 0 saturated heterocycles. The summed E-state index contributed by atoms with van der Waals surface area (Å²) in [7, 11) is 0. The fourth-order valence-corrected chi connectivity index (χ4v) is 6.25. The van der Waals surface area contributed by atoms with Gasteiger partial charge < -0.3 is 5.11 Å². The van der Waals surface area contributed by atoms with Crippen LogP contribution in [0.2, 0.25) is 0 Å². The Morgan fingerprint density at radius 2 is 1.91 bits per heavy atom. The zero-order valence-electron chi connectivity index (χ0n) is 14.9. The van der Waals surface area contributed by atoms with E-state index in [4.69, 9.17) is 0 Å². The van der Waals surface area contributed by atoms with E-state index in [0.717, 1.165) is 32.1 Å². The molecule has 2 aliphatic rings. The SMILES string of the molecule is CC(C)(O)CCC(C)(C)[C@@H](I)C1CC[C@H]2C(=O)CCC[C@]12C. The predicted octanol–water partition coefficient (Wildman–Crippen LogP) is 5.15. The van der Waals surface area contributed by atoms with Gasteiger partial charge in [-0.2, -0.15) is 0 Å². The van der Waals surface area contributed by atoms with Crippen LogP contribution >= 0.6 is 22.6 Å². The molecule has 2 saturated carbocycles. The van der Waals surface area contributed by atoms with Crippen molar-refractivity contribution < 1.29 is 9.90 Å². The van der Waals surface area contributed by atoms with Crippen molar-refractivity contribution in [1.29, 1.82) is 0 Å². The topological polar surface area (TPSA) is 37.3 Å². The average molecular weight is 420 g/mol. The van der Waals surface area contributed by atoms with Crippen molar-refractivity contribution in [2.75, 3.05) is 0 Å².